The highest BCUT2D eigenvalue weighted by Gasteiger charge is 2.42. The first-order valence-corrected chi connectivity index (χ1v) is 8.99. The molecule has 142 valence electrons. The van der Waals surface area contributed by atoms with E-state index in [-0.39, 0.29) is 18.0 Å². The largest absolute Gasteiger partial charge is 0.491 e. The lowest BCUT2D eigenvalue weighted by Crippen LogP contribution is -2.50. The second-order valence-corrected chi connectivity index (χ2v) is 7.41. The van der Waals surface area contributed by atoms with E-state index in [1.807, 2.05) is 25.7 Å². The van der Waals surface area contributed by atoms with Crippen LogP contribution in [0.4, 0.5) is 0 Å². The molecule has 7 heteroatoms. The summed E-state index contributed by atoms with van der Waals surface area (Å²) in [5.41, 5.74) is 2.36. The molecule has 0 aliphatic carbocycles. The molecule has 2 aliphatic rings. The molecule has 0 saturated carbocycles. The van der Waals surface area contributed by atoms with E-state index in [9.17, 15) is 9.59 Å². The van der Waals surface area contributed by atoms with E-state index in [0.717, 1.165) is 5.56 Å². The minimum atomic E-state index is -0.594. The second kappa shape index (κ2) is 7.25. The van der Waals surface area contributed by atoms with Crippen LogP contribution in [-0.2, 0) is 9.53 Å². The summed E-state index contributed by atoms with van der Waals surface area (Å²) in [5, 5.41) is 8.83. The molecule has 0 spiro atoms. The average Bonchev–Trinajstić information content (AvgIpc) is 2.77. The molecule has 0 radical (unpaired) electrons. The highest BCUT2D eigenvalue weighted by Crippen LogP contribution is 2.40. The van der Waals surface area contributed by atoms with Crippen molar-refractivity contribution in [2.24, 2.45) is 5.41 Å². The van der Waals surface area contributed by atoms with E-state index < -0.39 is 11.3 Å². The van der Waals surface area contributed by atoms with Crippen LogP contribution in [0.2, 0.25) is 0 Å². The first-order chi connectivity index (χ1) is 12.4. The van der Waals surface area contributed by atoms with Crippen molar-refractivity contribution in [3.63, 3.8) is 0 Å². The average molecular weight is 362 g/mol. The first kappa shape index (κ1) is 18.7. The molecule has 0 aromatic heterocycles. The Hall–Kier alpha value is -2.12. The molecule has 0 bridgehead atoms. The Morgan fingerprint density at radius 2 is 1.96 bits per heavy atom. The summed E-state index contributed by atoms with van der Waals surface area (Å²) >= 11 is 0. The highest BCUT2D eigenvalue weighted by atomic mass is 16.5. The van der Waals surface area contributed by atoms with Gasteiger partial charge >= 0.3 is 0 Å². The number of carbonyl (C=O) groups excluding carboxylic acids is 2. The van der Waals surface area contributed by atoms with Crippen LogP contribution in [0.5, 0.6) is 5.75 Å². The number of fused-ring (bicyclic) bond motifs is 1. The fourth-order valence-electron chi connectivity index (χ4n) is 3.76. The Balaban J connectivity index is 1.93. The molecule has 1 saturated heterocycles. The predicted molar refractivity (Wildman–Crippen MR) is 94.1 cm³/mol. The molecular weight excluding hydrogens is 336 g/mol. The van der Waals surface area contributed by atoms with Gasteiger partial charge in [0.25, 0.3) is 5.91 Å². The molecule has 1 aromatic rings. The van der Waals surface area contributed by atoms with Crippen LogP contribution >= 0.6 is 0 Å². The number of nitrogens with zero attached hydrogens (tertiary/aromatic N) is 1. The zero-order valence-corrected chi connectivity index (χ0v) is 15.4. The van der Waals surface area contributed by atoms with E-state index in [4.69, 9.17) is 14.7 Å². The number of benzene rings is 1. The van der Waals surface area contributed by atoms with Crippen LogP contribution in [-0.4, -0.2) is 47.8 Å². The number of amides is 2. The number of ether oxygens (including phenoxy) is 2. The third-order valence-corrected chi connectivity index (χ3v) is 5.55. The zero-order valence-electron chi connectivity index (χ0n) is 15.4. The van der Waals surface area contributed by atoms with E-state index in [1.165, 1.54) is 0 Å². The number of hydrogen-bond donors (Lipinski definition) is 2. The van der Waals surface area contributed by atoms with Crippen LogP contribution in [0.15, 0.2) is 18.2 Å². The van der Waals surface area contributed by atoms with Gasteiger partial charge in [-0.3, -0.25) is 14.8 Å². The minimum absolute atomic E-state index is 0.0975. The maximum atomic E-state index is 13.4. The predicted octanol–water partition coefficient (Wildman–Crippen LogP) is 2.29. The summed E-state index contributed by atoms with van der Waals surface area (Å²) in [6.45, 7) is 7.52. The summed E-state index contributed by atoms with van der Waals surface area (Å²) < 4.78 is 11.3. The standard InChI is InChI=1S/C19H26N2O5/c1-12-11-26-16-10-14(17(22)20-24)4-5-15(16)13(2)21(12)18(23)19(3)6-8-25-9-7-19/h4-5,10,12-13,24H,6-9,11H2,1-3H3,(H,20,22)/t12-,13?/m0/s1. The second-order valence-electron chi connectivity index (χ2n) is 7.41. The maximum Gasteiger partial charge on any atom is 0.274 e. The summed E-state index contributed by atoms with van der Waals surface area (Å²) in [6.07, 6.45) is 1.43. The molecule has 2 amide bonds. The van der Waals surface area contributed by atoms with Crippen LogP contribution in [0.3, 0.4) is 0 Å². The molecule has 2 heterocycles. The number of hydrogen-bond acceptors (Lipinski definition) is 5. The molecule has 7 nitrogen and oxygen atoms in total. The van der Waals surface area contributed by atoms with Gasteiger partial charge in [0, 0.05) is 24.3 Å². The highest BCUT2D eigenvalue weighted by molar-refractivity contribution is 5.94. The summed E-state index contributed by atoms with van der Waals surface area (Å²) in [7, 11) is 0. The smallest absolute Gasteiger partial charge is 0.274 e. The van der Waals surface area contributed by atoms with Crippen molar-refractivity contribution in [1.29, 1.82) is 0 Å². The number of carbonyl (C=O) groups is 2. The molecule has 2 atom stereocenters. The Morgan fingerprint density at radius 3 is 2.62 bits per heavy atom. The normalized spacial score (nSPS) is 24.8. The monoisotopic (exact) mass is 362 g/mol. The van der Waals surface area contributed by atoms with Crippen molar-refractivity contribution in [2.45, 2.75) is 45.7 Å². The van der Waals surface area contributed by atoms with E-state index >= 15 is 0 Å². The fraction of sp³-hybridized carbons (Fsp3) is 0.579. The molecule has 3 rings (SSSR count). The van der Waals surface area contributed by atoms with Gasteiger partial charge in [0.05, 0.1) is 17.5 Å². The Kier molecular flexibility index (Phi) is 5.20. The molecule has 26 heavy (non-hydrogen) atoms. The van der Waals surface area contributed by atoms with E-state index in [2.05, 4.69) is 0 Å². The summed E-state index contributed by atoms with van der Waals surface area (Å²) in [5.74, 6) is 0.0938. The van der Waals surface area contributed by atoms with Crippen LogP contribution in [0.25, 0.3) is 0 Å². The van der Waals surface area contributed by atoms with Gasteiger partial charge in [-0.05, 0) is 38.8 Å². The number of nitrogens with one attached hydrogen (secondary N) is 1. The van der Waals surface area contributed by atoms with Crippen LogP contribution in [0.1, 0.15) is 55.6 Å². The molecule has 2 N–H and O–H groups in total. The van der Waals surface area contributed by atoms with Crippen molar-refractivity contribution < 1.29 is 24.3 Å². The van der Waals surface area contributed by atoms with Crippen molar-refractivity contribution >= 4 is 11.8 Å². The lowest BCUT2D eigenvalue weighted by molar-refractivity contribution is -0.151. The topological polar surface area (TPSA) is 88.1 Å². The lowest BCUT2D eigenvalue weighted by atomic mass is 9.80. The van der Waals surface area contributed by atoms with E-state index in [1.54, 1.807) is 23.7 Å². The molecule has 1 fully saturated rings. The quantitative estimate of drug-likeness (QED) is 0.623. The third kappa shape index (κ3) is 3.29. The fourth-order valence-corrected chi connectivity index (χ4v) is 3.76. The molecular formula is C19H26N2O5. The van der Waals surface area contributed by atoms with Gasteiger partial charge in [-0.1, -0.05) is 13.0 Å². The van der Waals surface area contributed by atoms with Crippen LogP contribution in [0, 0.1) is 5.41 Å². The molecule has 2 aliphatic heterocycles. The first-order valence-electron chi connectivity index (χ1n) is 8.99. The Bertz CT molecular complexity index is 699. The summed E-state index contributed by atoms with van der Waals surface area (Å²) in [4.78, 5) is 27.0. The maximum absolute atomic E-state index is 13.4. The van der Waals surface area contributed by atoms with Gasteiger partial charge in [0.1, 0.15) is 12.4 Å². The minimum Gasteiger partial charge on any atom is -0.491 e. The van der Waals surface area contributed by atoms with Gasteiger partial charge in [-0.15, -0.1) is 0 Å². The molecule has 1 unspecified atom stereocenters. The number of hydroxylamine groups is 1. The lowest BCUT2D eigenvalue weighted by Gasteiger charge is -2.41. The van der Waals surface area contributed by atoms with Crippen molar-refractivity contribution in [3.8, 4) is 5.75 Å². The van der Waals surface area contributed by atoms with Crippen LogP contribution < -0.4 is 10.2 Å². The van der Waals surface area contributed by atoms with Gasteiger partial charge < -0.3 is 14.4 Å². The van der Waals surface area contributed by atoms with Gasteiger partial charge in [0.2, 0.25) is 5.91 Å². The summed E-state index contributed by atoms with van der Waals surface area (Å²) in [6, 6.07) is 4.74. The zero-order chi connectivity index (χ0) is 18.9. The molecule has 1 aromatic carbocycles. The van der Waals surface area contributed by atoms with Gasteiger partial charge in [-0.2, -0.15) is 0 Å². The van der Waals surface area contributed by atoms with Gasteiger partial charge in [0.15, 0.2) is 0 Å². The van der Waals surface area contributed by atoms with Crippen molar-refractivity contribution in [1.82, 2.24) is 10.4 Å². The van der Waals surface area contributed by atoms with E-state index in [0.29, 0.717) is 44.0 Å². The Morgan fingerprint density at radius 1 is 1.27 bits per heavy atom. The van der Waals surface area contributed by atoms with Gasteiger partial charge in [-0.25, -0.2) is 5.48 Å². The third-order valence-electron chi connectivity index (χ3n) is 5.55. The number of rotatable bonds is 2. The van der Waals surface area contributed by atoms with Crippen molar-refractivity contribution in [2.75, 3.05) is 19.8 Å². The van der Waals surface area contributed by atoms with Crippen molar-refractivity contribution in [3.05, 3.63) is 29.3 Å². The SMILES string of the molecule is CC1c2ccc(C(=O)NO)cc2OC[C@H](C)N1C(=O)C1(C)CCOCC1. The Labute approximate surface area is 153 Å².